The summed E-state index contributed by atoms with van der Waals surface area (Å²) >= 11 is 6.05. The van der Waals surface area contributed by atoms with Crippen molar-refractivity contribution in [3.63, 3.8) is 0 Å². The van der Waals surface area contributed by atoms with Gasteiger partial charge in [-0.2, -0.15) is 0 Å². The van der Waals surface area contributed by atoms with E-state index >= 15 is 0 Å². The van der Waals surface area contributed by atoms with Crippen molar-refractivity contribution in [2.75, 3.05) is 18.1 Å². The highest BCUT2D eigenvalue weighted by atomic mass is 35.5. The first-order valence-corrected chi connectivity index (χ1v) is 9.82. The smallest absolute Gasteiger partial charge is 0.335 e. The molecule has 158 valence electrons. The highest BCUT2D eigenvalue weighted by Crippen LogP contribution is 2.28. The lowest BCUT2D eigenvalue weighted by atomic mass is 10.1. The van der Waals surface area contributed by atoms with Crippen molar-refractivity contribution in [2.45, 2.75) is 13.3 Å². The summed E-state index contributed by atoms with van der Waals surface area (Å²) in [6.45, 7) is 2.53. The Morgan fingerprint density at radius 3 is 2.55 bits per heavy atom. The third-order valence-corrected chi connectivity index (χ3v) is 4.49. The van der Waals surface area contributed by atoms with Crippen molar-refractivity contribution in [1.29, 1.82) is 0 Å². The van der Waals surface area contributed by atoms with Crippen LogP contribution >= 0.6 is 11.6 Å². The van der Waals surface area contributed by atoms with Crippen molar-refractivity contribution in [2.24, 2.45) is 0 Å². The van der Waals surface area contributed by atoms with Gasteiger partial charge in [0, 0.05) is 10.6 Å². The summed E-state index contributed by atoms with van der Waals surface area (Å²) in [6, 6.07) is 10.3. The topological polar surface area (TPSA) is 84.9 Å². The van der Waals surface area contributed by atoms with Gasteiger partial charge in [-0.15, -0.1) is 6.42 Å². The first-order chi connectivity index (χ1) is 14.9. The number of ether oxygens (including phenoxy) is 2. The van der Waals surface area contributed by atoms with Gasteiger partial charge >= 0.3 is 6.03 Å². The number of barbiturate groups is 1. The number of nitrogens with one attached hydrogen (secondary N) is 1. The molecule has 0 atom stereocenters. The molecule has 0 aliphatic carbocycles. The Bertz CT molecular complexity index is 1090. The number of anilines is 1. The van der Waals surface area contributed by atoms with Gasteiger partial charge in [-0.1, -0.05) is 24.4 Å². The van der Waals surface area contributed by atoms with Crippen molar-refractivity contribution in [3.05, 3.63) is 58.6 Å². The summed E-state index contributed by atoms with van der Waals surface area (Å²) in [5, 5.41) is 2.55. The number of hydrogen-bond donors (Lipinski definition) is 1. The van der Waals surface area contributed by atoms with Crippen molar-refractivity contribution < 1.29 is 23.9 Å². The first kappa shape index (κ1) is 21.9. The molecule has 0 aromatic heterocycles. The van der Waals surface area contributed by atoms with E-state index in [1.54, 1.807) is 36.4 Å². The van der Waals surface area contributed by atoms with E-state index in [0.717, 1.165) is 11.3 Å². The summed E-state index contributed by atoms with van der Waals surface area (Å²) in [5.41, 5.74) is 0.414. The Hall–Kier alpha value is -3.76. The molecule has 2 aromatic rings. The first-order valence-electron chi connectivity index (χ1n) is 9.44. The van der Waals surface area contributed by atoms with Crippen molar-refractivity contribution in [1.82, 2.24) is 5.32 Å². The predicted octanol–water partition coefficient (Wildman–Crippen LogP) is 3.81. The van der Waals surface area contributed by atoms with Gasteiger partial charge in [-0.25, -0.2) is 9.69 Å². The Labute approximate surface area is 184 Å². The fraction of sp³-hybridized carbons (Fsp3) is 0.174. The summed E-state index contributed by atoms with van der Waals surface area (Å²) in [6.07, 6.45) is 7.39. The van der Waals surface area contributed by atoms with Gasteiger partial charge in [-0.05, 0) is 55.0 Å². The van der Waals surface area contributed by atoms with Crippen LogP contribution in [0.15, 0.2) is 48.0 Å². The lowest BCUT2D eigenvalue weighted by molar-refractivity contribution is -0.122. The second kappa shape index (κ2) is 9.83. The van der Waals surface area contributed by atoms with Crippen LogP contribution in [0, 0.1) is 12.3 Å². The second-order valence-corrected chi connectivity index (χ2v) is 6.91. The number of nitrogens with zero attached hydrogens (tertiary/aromatic N) is 1. The van der Waals surface area contributed by atoms with Gasteiger partial charge in [0.25, 0.3) is 11.8 Å². The van der Waals surface area contributed by atoms with Gasteiger partial charge < -0.3 is 9.47 Å². The molecule has 2 aromatic carbocycles. The van der Waals surface area contributed by atoms with E-state index in [4.69, 9.17) is 27.5 Å². The number of hydrogen-bond acceptors (Lipinski definition) is 5. The van der Waals surface area contributed by atoms with Gasteiger partial charge in [0.15, 0.2) is 0 Å². The molecule has 1 saturated heterocycles. The van der Waals surface area contributed by atoms with E-state index in [1.807, 2.05) is 6.92 Å². The number of terminal acetylenes is 1. The van der Waals surface area contributed by atoms with E-state index in [2.05, 4.69) is 11.2 Å². The largest absolute Gasteiger partial charge is 0.494 e. The van der Waals surface area contributed by atoms with E-state index < -0.39 is 17.8 Å². The Morgan fingerprint density at radius 1 is 1.13 bits per heavy atom. The average Bonchev–Trinajstić information content (AvgIpc) is 2.75. The third-order valence-electron chi connectivity index (χ3n) is 4.25. The lowest BCUT2D eigenvalue weighted by Gasteiger charge is -2.26. The normalized spacial score (nSPS) is 14.9. The highest BCUT2D eigenvalue weighted by Gasteiger charge is 2.37. The highest BCUT2D eigenvalue weighted by molar-refractivity contribution is 6.39. The molecule has 4 amide bonds. The van der Waals surface area contributed by atoms with Gasteiger partial charge in [0.2, 0.25) is 0 Å². The number of carbonyl (C=O) groups excluding carboxylic acids is 3. The standard InChI is InChI=1S/C23H19ClN2O5/c1-3-11-30-18-8-6-17(7-9-18)26-22(28)19(21(27)25-23(26)29)14-15-13-16(24)5-10-20(15)31-12-4-2/h2,5-10,13-14H,3,11-12H2,1H3,(H,25,27,29)/b19-14-. The van der Waals surface area contributed by atoms with Gasteiger partial charge in [-0.3, -0.25) is 14.9 Å². The fourth-order valence-electron chi connectivity index (χ4n) is 2.84. The predicted molar refractivity (Wildman–Crippen MR) is 117 cm³/mol. The van der Waals surface area contributed by atoms with Gasteiger partial charge in [0.1, 0.15) is 23.7 Å². The van der Waals surface area contributed by atoms with E-state index in [1.165, 1.54) is 12.1 Å². The van der Waals surface area contributed by atoms with Crippen LogP contribution in [0.25, 0.3) is 6.08 Å². The maximum Gasteiger partial charge on any atom is 0.335 e. The number of carbonyl (C=O) groups is 3. The SMILES string of the molecule is C#CCOc1ccc(Cl)cc1/C=C1/C(=O)NC(=O)N(c2ccc(OCCC)cc2)C1=O. The van der Waals surface area contributed by atoms with Crippen LogP contribution in [-0.2, 0) is 9.59 Å². The zero-order chi connectivity index (χ0) is 22.4. The van der Waals surface area contributed by atoms with Crippen LogP contribution in [0.4, 0.5) is 10.5 Å². The second-order valence-electron chi connectivity index (χ2n) is 6.48. The number of urea groups is 1. The summed E-state index contributed by atoms with van der Waals surface area (Å²) in [7, 11) is 0. The van der Waals surface area contributed by atoms with Crippen LogP contribution in [0.3, 0.4) is 0 Å². The van der Waals surface area contributed by atoms with E-state index in [9.17, 15) is 14.4 Å². The molecule has 1 heterocycles. The molecular formula is C23H19ClN2O5. The number of benzene rings is 2. The summed E-state index contributed by atoms with van der Waals surface area (Å²) in [4.78, 5) is 38.7. The van der Waals surface area contributed by atoms with Gasteiger partial charge in [0.05, 0.1) is 12.3 Å². The number of halogens is 1. The molecule has 1 aliphatic rings. The summed E-state index contributed by atoms with van der Waals surface area (Å²) < 4.78 is 11.0. The molecule has 7 nitrogen and oxygen atoms in total. The Morgan fingerprint density at radius 2 is 1.87 bits per heavy atom. The Kier molecular flexibility index (Phi) is 6.96. The van der Waals surface area contributed by atoms with Crippen LogP contribution in [-0.4, -0.2) is 31.1 Å². The minimum absolute atomic E-state index is 0.00495. The van der Waals surface area contributed by atoms with Crippen molar-refractivity contribution >= 4 is 41.2 Å². The third kappa shape index (κ3) is 5.05. The molecule has 3 rings (SSSR count). The molecule has 1 fully saturated rings. The summed E-state index contributed by atoms with van der Waals surface area (Å²) in [5.74, 6) is 1.70. The molecule has 1 aliphatic heterocycles. The van der Waals surface area contributed by atoms with Crippen LogP contribution < -0.4 is 19.7 Å². The molecule has 31 heavy (non-hydrogen) atoms. The molecule has 0 bridgehead atoms. The molecule has 8 heteroatoms. The minimum Gasteiger partial charge on any atom is -0.494 e. The zero-order valence-corrected chi connectivity index (χ0v) is 17.4. The molecule has 0 spiro atoms. The fourth-order valence-corrected chi connectivity index (χ4v) is 3.02. The zero-order valence-electron chi connectivity index (χ0n) is 16.7. The quantitative estimate of drug-likeness (QED) is 0.403. The molecule has 1 N–H and O–H groups in total. The van der Waals surface area contributed by atoms with Crippen LogP contribution in [0.1, 0.15) is 18.9 Å². The molecule has 0 saturated carbocycles. The molecule has 0 unspecified atom stereocenters. The Balaban J connectivity index is 1.95. The number of imide groups is 2. The maximum absolute atomic E-state index is 13.1. The lowest BCUT2D eigenvalue weighted by Crippen LogP contribution is -2.54. The molecular weight excluding hydrogens is 420 g/mol. The monoisotopic (exact) mass is 438 g/mol. The maximum atomic E-state index is 13.1. The molecule has 0 radical (unpaired) electrons. The van der Waals surface area contributed by atoms with Crippen LogP contribution in [0.5, 0.6) is 11.5 Å². The number of rotatable bonds is 7. The van der Waals surface area contributed by atoms with Crippen molar-refractivity contribution in [3.8, 4) is 23.8 Å². The van der Waals surface area contributed by atoms with E-state index in [0.29, 0.717) is 34.4 Å². The number of amides is 4. The van der Waals surface area contributed by atoms with E-state index in [-0.39, 0.29) is 12.2 Å². The van der Waals surface area contributed by atoms with Crippen LogP contribution in [0.2, 0.25) is 5.02 Å². The minimum atomic E-state index is -0.843. The average molecular weight is 439 g/mol.